The molecule has 0 aromatic carbocycles. The molecule has 0 aliphatic carbocycles. The van der Waals surface area contributed by atoms with Crippen LogP contribution in [0.15, 0.2) is 0 Å². The van der Waals surface area contributed by atoms with Crippen LogP contribution in [0.2, 0.25) is 0 Å². The van der Waals surface area contributed by atoms with Crippen molar-refractivity contribution in [1.82, 2.24) is 5.32 Å². The molecule has 11 heavy (non-hydrogen) atoms. The Balaban J connectivity index is 2.37. The summed E-state index contributed by atoms with van der Waals surface area (Å²) in [6.07, 6.45) is 0.871. The lowest BCUT2D eigenvalue weighted by atomic mass is 9.97. The summed E-state index contributed by atoms with van der Waals surface area (Å²) in [5.41, 5.74) is 5.37. The summed E-state index contributed by atoms with van der Waals surface area (Å²) in [6, 6.07) is -0.137. The van der Waals surface area contributed by atoms with Crippen molar-refractivity contribution in [3.63, 3.8) is 0 Å². The Labute approximate surface area is 66.1 Å². The monoisotopic (exact) mass is 158 g/mol. The molecule has 3 N–H and O–H groups in total. The van der Waals surface area contributed by atoms with Crippen LogP contribution >= 0.6 is 0 Å². The summed E-state index contributed by atoms with van der Waals surface area (Å²) in [7, 11) is 0. The van der Waals surface area contributed by atoms with Crippen molar-refractivity contribution >= 4 is 6.29 Å². The first-order valence-corrected chi connectivity index (χ1v) is 3.73. The van der Waals surface area contributed by atoms with Crippen LogP contribution in [0, 0.1) is 0 Å². The van der Waals surface area contributed by atoms with E-state index >= 15 is 0 Å². The quantitative estimate of drug-likeness (QED) is 0.509. The van der Waals surface area contributed by atoms with Gasteiger partial charge in [-0.15, -0.1) is 0 Å². The molecule has 0 spiro atoms. The Kier molecular flexibility index (Phi) is 2.59. The second-order valence-corrected chi connectivity index (χ2v) is 3.05. The predicted molar refractivity (Wildman–Crippen MR) is 41.3 cm³/mol. The smallest absolute Gasteiger partial charge is 0.136 e. The van der Waals surface area contributed by atoms with E-state index < -0.39 is 0 Å². The molecular formula is C7H14N2O2. The standard InChI is InChI=1S/C7H14N2O2/c1-6(2-10)9-7(3-8)4-11-5-7/h2,6,9H,3-5,8H2,1H3/t6-/m0/s1. The molecule has 1 fully saturated rings. The summed E-state index contributed by atoms with van der Waals surface area (Å²) in [5.74, 6) is 0. The molecular weight excluding hydrogens is 144 g/mol. The molecule has 1 saturated heterocycles. The van der Waals surface area contributed by atoms with Crippen LogP contribution in [0.4, 0.5) is 0 Å². The number of nitrogens with one attached hydrogen (secondary N) is 1. The van der Waals surface area contributed by atoms with Crippen LogP contribution in [0.1, 0.15) is 6.92 Å². The number of carbonyl (C=O) groups excluding carboxylic acids is 1. The van der Waals surface area contributed by atoms with Crippen LogP contribution in [0.5, 0.6) is 0 Å². The van der Waals surface area contributed by atoms with E-state index in [1.54, 1.807) is 0 Å². The molecule has 0 unspecified atom stereocenters. The zero-order valence-electron chi connectivity index (χ0n) is 6.67. The number of carbonyl (C=O) groups is 1. The first kappa shape index (κ1) is 8.64. The maximum Gasteiger partial charge on any atom is 0.136 e. The number of hydrogen-bond donors (Lipinski definition) is 2. The van der Waals surface area contributed by atoms with E-state index in [0.717, 1.165) is 6.29 Å². The second-order valence-electron chi connectivity index (χ2n) is 3.05. The highest BCUT2D eigenvalue weighted by atomic mass is 16.5. The molecule has 1 heterocycles. The summed E-state index contributed by atoms with van der Waals surface area (Å²) in [6.45, 7) is 3.55. The lowest BCUT2D eigenvalue weighted by Gasteiger charge is -2.42. The lowest BCUT2D eigenvalue weighted by molar-refractivity contribution is -0.113. The summed E-state index contributed by atoms with van der Waals surface area (Å²) in [4.78, 5) is 10.3. The summed E-state index contributed by atoms with van der Waals surface area (Å²) >= 11 is 0. The lowest BCUT2D eigenvalue weighted by Crippen LogP contribution is -2.66. The first-order chi connectivity index (χ1) is 5.22. The highest BCUT2D eigenvalue weighted by molar-refractivity contribution is 5.56. The number of rotatable bonds is 4. The predicted octanol–water partition coefficient (Wildman–Crippen LogP) is -1.11. The summed E-state index contributed by atoms with van der Waals surface area (Å²) < 4.78 is 5.02. The van der Waals surface area contributed by atoms with Crippen LogP contribution < -0.4 is 11.1 Å². The van der Waals surface area contributed by atoms with Crippen molar-refractivity contribution in [3.05, 3.63) is 0 Å². The van der Waals surface area contributed by atoms with Gasteiger partial charge in [-0.25, -0.2) is 0 Å². The van der Waals surface area contributed by atoms with Crippen LogP contribution in [-0.2, 0) is 9.53 Å². The van der Waals surface area contributed by atoms with E-state index in [9.17, 15) is 4.79 Å². The molecule has 0 aromatic heterocycles. The van der Waals surface area contributed by atoms with E-state index in [1.165, 1.54) is 0 Å². The largest absolute Gasteiger partial charge is 0.377 e. The van der Waals surface area contributed by atoms with Gasteiger partial charge >= 0.3 is 0 Å². The average Bonchev–Trinajstić information content (AvgIpc) is 1.96. The average molecular weight is 158 g/mol. The van der Waals surface area contributed by atoms with Crippen molar-refractivity contribution in [2.24, 2.45) is 5.73 Å². The highest BCUT2D eigenvalue weighted by Crippen LogP contribution is 2.15. The Morgan fingerprint density at radius 3 is 2.73 bits per heavy atom. The van der Waals surface area contributed by atoms with Gasteiger partial charge in [0.15, 0.2) is 0 Å². The maximum absolute atomic E-state index is 10.3. The van der Waals surface area contributed by atoms with Gasteiger partial charge in [-0.3, -0.25) is 5.32 Å². The fourth-order valence-corrected chi connectivity index (χ4v) is 1.13. The number of hydrogen-bond acceptors (Lipinski definition) is 4. The molecule has 0 aromatic rings. The normalized spacial score (nSPS) is 23.8. The van der Waals surface area contributed by atoms with Gasteiger partial charge in [0, 0.05) is 6.54 Å². The Bertz CT molecular complexity index is 140. The van der Waals surface area contributed by atoms with E-state index in [4.69, 9.17) is 10.5 Å². The van der Waals surface area contributed by atoms with Crippen molar-refractivity contribution < 1.29 is 9.53 Å². The maximum atomic E-state index is 10.3. The van der Waals surface area contributed by atoms with Gasteiger partial charge in [0.1, 0.15) is 6.29 Å². The van der Waals surface area contributed by atoms with Crippen LogP contribution in [-0.4, -0.2) is 37.6 Å². The number of ether oxygens (including phenoxy) is 1. The zero-order chi connectivity index (χ0) is 8.32. The minimum Gasteiger partial charge on any atom is -0.377 e. The van der Waals surface area contributed by atoms with Gasteiger partial charge in [0.25, 0.3) is 0 Å². The van der Waals surface area contributed by atoms with Crippen molar-refractivity contribution in [3.8, 4) is 0 Å². The number of nitrogens with two attached hydrogens (primary N) is 1. The fraction of sp³-hybridized carbons (Fsp3) is 0.857. The Morgan fingerprint density at radius 1 is 1.82 bits per heavy atom. The molecule has 0 bridgehead atoms. The highest BCUT2D eigenvalue weighted by Gasteiger charge is 2.37. The van der Waals surface area contributed by atoms with E-state index in [1.807, 2.05) is 6.92 Å². The van der Waals surface area contributed by atoms with Gasteiger partial charge in [0.05, 0.1) is 24.8 Å². The third-order valence-electron chi connectivity index (χ3n) is 1.89. The third kappa shape index (κ3) is 1.77. The van der Waals surface area contributed by atoms with E-state index in [-0.39, 0.29) is 11.6 Å². The van der Waals surface area contributed by atoms with Gasteiger partial charge < -0.3 is 15.3 Å². The molecule has 1 aliphatic heterocycles. The molecule has 1 rings (SSSR count). The van der Waals surface area contributed by atoms with E-state index in [2.05, 4.69) is 5.32 Å². The second kappa shape index (κ2) is 3.30. The molecule has 4 heteroatoms. The van der Waals surface area contributed by atoms with Gasteiger partial charge in [-0.2, -0.15) is 0 Å². The van der Waals surface area contributed by atoms with Gasteiger partial charge in [-0.05, 0) is 6.92 Å². The van der Waals surface area contributed by atoms with Crippen molar-refractivity contribution in [1.29, 1.82) is 0 Å². The molecule has 0 amide bonds. The fourth-order valence-electron chi connectivity index (χ4n) is 1.13. The Morgan fingerprint density at radius 2 is 2.45 bits per heavy atom. The molecule has 64 valence electrons. The molecule has 1 atom stereocenters. The molecule has 0 radical (unpaired) electrons. The van der Waals surface area contributed by atoms with Crippen molar-refractivity contribution in [2.45, 2.75) is 18.5 Å². The van der Waals surface area contributed by atoms with Crippen LogP contribution in [0.3, 0.4) is 0 Å². The summed E-state index contributed by atoms with van der Waals surface area (Å²) in [5, 5.41) is 3.11. The first-order valence-electron chi connectivity index (χ1n) is 3.73. The van der Waals surface area contributed by atoms with E-state index in [0.29, 0.717) is 19.8 Å². The molecule has 0 saturated carbocycles. The minimum absolute atomic E-state index is 0.137. The Hall–Kier alpha value is -0.450. The molecule has 4 nitrogen and oxygen atoms in total. The third-order valence-corrected chi connectivity index (χ3v) is 1.89. The number of aldehydes is 1. The van der Waals surface area contributed by atoms with Crippen LogP contribution in [0.25, 0.3) is 0 Å². The van der Waals surface area contributed by atoms with Crippen molar-refractivity contribution in [2.75, 3.05) is 19.8 Å². The zero-order valence-corrected chi connectivity index (χ0v) is 6.67. The SMILES string of the molecule is C[C@@H](C=O)NC1(CN)COC1. The van der Waals surface area contributed by atoms with Gasteiger partial charge in [0.2, 0.25) is 0 Å². The topological polar surface area (TPSA) is 64.4 Å². The molecule has 1 aliphatic rings. The van der Waals surface area contributed by atoms with Gasteiger partial charge in [-0.1, -0.05) is 0 Å². The minimum atomic E-state index is -0.139.